The minimum absolute atomic E-state index is 1.10. The third-order valence-electron chi connectivity index (χ3n) is 3.20. The summed E-state index contributed by atoms with van der Waals surface area (Å²) in [5.41, 5.74) is 2.45. The van der Waals surface area contributed by atoms with Gasteiger partial charge < -0.3 is 0 Å². The lowest BCUT2D eigenvalue weighted by Crippen LogP contribution is -1.81. The number of thioether (sulfide) groups is 1. The molecule has 0 spiro atoms. The maximum Gasteiger partial charge on any atom is 0.0200 e. The van der Waals surface area contributed by atoms with Crippen molar-refractivity contribution in [1.82, 2.24) is 0 Å². The van der Waals surface area contributed by atoms with Gasteiger partial charge in [0.2, 0.25) is 0 Å². The van der Waals surface area contributed by atoms with E-state index < -0.39 is 0 Å². The maximum atomic E-state index is 3.49. The van der Waals surface area contributed by atoms with Crippen molar-refractivity contribution < 1.29 is 0 Å². The van der Waals surface area contributed by atoms with Gasteiger partial charge in [-0.3, -0.25) is 0 Å². The Labute approximate surface area is 144 Å². The van der Waals surface area contributed by atoms with Gasteiger partial charge >= 0.3 is 0 Å². The van der Waals surface area contributed by atoms with Crippen LogP contribution >= 0.6 is 27.7 Å². The average Bonchev–Trinajstić information content (AvgIpc) is 2.58. The van der Waals surface area contributed by atoms with Crippen LogP contribution in [0.3, 0.4) is 0 Å². The Kier molecular flexibility index (Phi) is 5.15. The second kappa shape index (κ2) is 7.48. The van der Waals surface area contributed by atoms with Crippen LogP contribution in [-0.4, -0.2) is 0 Å². The van der Waals surface area contributed by atoms with E-state index in [4.69, 9.17) is 0 Å². The molecule has 3 aromatic rings. The first-order valence-electron chi connectivity index (χ1n) is 7.07. The third-order valence-corrected chi connectivity index (χ3v) is 4.81. The molecule has 0 saturated heterocycles. The molecule has 3 rings (SSSR count). The van der Waals surface area contributed by atoms with Gasteiger partial charge in [-0.1, -0.05) is 88.4 Å². The van der Waals surface area contributed by atoms with E-state index in [1.165, 1.54) is 20.9 Å². The highest BCUT2D eigenvalue weighted by Crippen LogP contribution is 2.36. The van der Waals surface area contributed by atoms with Crippen LogP contribution in [0.1, 0.15) is 11.1 Å². The first-order valence-corrected chi connectivity index (χ1v) is 8.68. The second-order valence-corrected chi connectivity index (χ2v) is 6.87. The van der Waals surface area contributed by atoms with E-state index >= 15 is 0 Å². The van der Waals surface area contributed by atoms with E-state index in [1.54, 1.807) is 11.8 Å². The molecule has 3 aromatic carbocycles. The molecule has 0 fully saturated rings. The Balaban J connectivity index is 1.96. The number of halogens is 1. The fraction of sp³-hybridized carbons (Fsp3) is 0. The molecule has 0 heterocycles. The molecule has 108 valence electrons. The highest BCUT2D eigenvalue weighted by Gasteiger charge is 2.04. The minimum atomic E-state index is 1.10. The Bertz CT molecular complexity index is 747. The van der Waals surface area contributed by atoms with Gasteiger partial charge in [-0.2, -0.15) is 0 Å². The number of benzene rings is 3. The monoisotopic (exact) mass is 366 g/mol. The second-order valence-electron chi connectivity index (χ2n) is 4.84. The lowest BCUT2D eigenvalue weighted by Gasteiger charge is -2.08. The van der Waals surface area contributed by atoms with Crippen LogP contribution in [0.2, 0.25) is 0 Å². The lowest BCUT2D eigenvalue weighted by molar-refractivity contribution is 1.45. The zero-order chi connectivity index (χ0) is 15.2. The molecule has 0 N–H and O–H groups in total. The molecule has 0 atom stereocenters. The number of hydrogen-bond donors (Lipinski definition) is 0. The largest absolute Gasteiger partial charge is 0.0894 e. The maximum absolute atomic E-state index is 3.49. The summed E-state index contributed by atoms with van der Waals surface area (Å²) in [7, 11) is 0. The molecule has 0 radical (unpaired) electrons. The van der Waals surface area contributed by atoms with Crippen LogP contribution in [0.25, 0.3) is 11.0 Å². The molecule has 0 nitrogen and oxygen atoms in total. The molecule has 0 aromatic heterocycles. The molecule has 0 aliphatic heterocycles. The molecular formula is C20H15BrS. The van der Waals surface area contributed by atoms with Crippen LogP contribution in [-0.2, 0) is 0 Å². The summed E-state index contributed by atoms with van der Waals surface area (Å²) in [4.78, 5) is 2.48. The van der Waals surface area contributed by atoms with Gasteiger partial charge in [0, 0.05) is 14.3 Å². The van der Waals surface area contributed by atoms with Gasteiger partial charge in [0.15, 0.2) is 0 Å². The van der Waals surface area contributed by atoms with Crippen LogP contribution in [0.5, 0.6) is 0 Å². The molecular weight excluding hydrogens is 352 g/mol. The van der Waals surface area contributed by atoms with Crippen molar-refractivity contribution in [3.05, 3.63) is 101 Å². The van der Waals surface area contributed by atoms with Crippen molar-refractivity contribution >= 4 is 38.7 Å². The van der Waals surface area contributed by atoms with Gasteiger partial charge in [0.1, 0.15) is 0 Å². The van der Waals surface area contributed by atoms with Crippen LogP contribution in [0, 0.1) is 0 Å². The van der Waals surface area contributed by atoms with Gasteiger partial charge in [-0.05, 0) is 41.5 Å². The summed E-state index contributed by atoms with van der Waals surface area (Å²) in [5.74, 6) is 0. The Morgan fingerprint density at radius 2 is 1.32 bits per heavy atom. The predicted molar refractivity (Wildman–Crippen MR) is 101 cm³/mol. The normalized spacial score (nSPS) is 11.4. The van der Waals surface area contributed by atoms with Gasteiger partial charge in [-0.25, -0.2) is 0 Å². The Morgan fingerprint density at radius 1 is 0.727 bits per heavy atom. The van der Waals surface area contributed by atoms with Crippen LogP contribution in [0.15, 0.2) is 94.3 Å². The molecule has 0 saturated carbocycles. The van der Waals surface area contributed by atoms with Crippen molar-refractivity contribution in [3.63, 3.8) is 0 Å². The third kappa shape index (κ3) is 4.12. The smallest absolute Gasteiger partial charge is 0.0200 e. The predicted octanol–water partition coefficient (Wildman–Crippen LogP) is 6.74. The van der Waals surface area contributed by atoms with Crippen molar-refractivity contribution in [2.45, 2.75) is 4.90 Å². The van der Waals surface area contributed by atoms with E-state index in [2.05, 4.69) is 94.8 Å². The summed E-state index contributed by atoms with van der Waals surface area (Å²) in [6, 6.07) is 29.4. The summed E-state index contributed by atoms with van der Waals surface area (Å²) in [6.45, 7) is 0. The lowest BCUT2D eigenvalue weighted by atomic mass is 10.1. The topological polar surface area (TPSA) is 0 Å². The summed E-state index contributed by atoms with van der Waals surface area (Å²) < 4.78 is 1.10. The molecule has 0 bridgehead atoms. The first kappa shape index (κ1) is 15.1. The van der Waals surface area contributed by atoms with Crippen molar-refractivity contribution in [2.75, 3.05) is 0 Å². The average molecular weight is 367 g/mol. The van der Waals surface area contributed by atoms with E-state index in [1.807, 2.05) is 12.1 Å². The molecule has 0 amide bonds. The molecule has 0 unspecified atom stereocenters. The number of hydrogen-bond acceptors (Lipinski definition) is 1. The quantitative estimate of drug-likeness (QED) is 0.363. The van der Waals surface area contributed by atoms with E-state index in [0.29, 0.717) is 0 Å². The molecule has 2 heteroatoms. The summed E-state index contributed by atoms with van der Waals surface area (Å²) in [6.07, 6.45) is 2.24. The fourth-order valence-corrected chi connectivity index (χ4v) is 3.34. The van der Waals surface area contributed by atoms with E-state index in [0.717, 1.165) is 4.47 Å². The number of rotatable bonds is 4. The Hall–Kier alpha value is -1.77. The summed E-state index contributed by atoms with van der Waals surface area (Å²) in [5, 5.41) is 0. The highest BCUT2D eigenvalue weighted by molar-refractivity contribution is 9.10. The van der Waals surface area contributed by atoms with E-state index in [9.17, 15) is 0 Å². The molecule has 22 heavy (non-hydrogen) atoms. The SMILES string of the molecule is Brc1ccc(S/C(=C\c2ccccc2)c2ccccc2)cc1. The van der Waals surface area contributed by atoms with Crippen molar-refractivity contribution in [2.24, 2.45) is 0 Å². The van der Waals surface area contributed by atoms with Crippen molar-refractivity contribution in [3.8, 4) is 0 Å². The molecule has 0 aliphatic carbocycles. The van der Waals surface area contributed by atoms with E-state index in [-0.39, 0.29) is 0 Å². The van der Waals surface area contributed by atoms with Gasteiger partial charge in [-0.15, -0.1) is 0 Å². The highest BCUT2D eigenvalue weighted by atomic mass is 79.9. The standard InChI is InChI=1S/C20H15BrS/c21-18-11-13-19(14-12-18)22-20(17-9-5-2-6-10-17)15-16-7-3-1-4-8-16/h1-15H/b20-15-. The van der Waals surface area contributed by atoms with Crippen LogP contribution < -0.4 is 0 Å². The fourth-order valence-electron chi connectivity index (χ4n) is 2.10. The summed E-state index contributed by atoms with van der Waals surface area (Å²) >= 11 is 5.27. The minimum Gasteiger partial charge on any atom is -0.0894 e. The van der Waals surface area contributed by atoms with Crippen LogP contribution in [0.4, 0.5) is 0 Å². The molecule has 0 aliphatic rings. The van der Waals surface area contributed by atoms with Gasteiger partial charge in [0.25, 0.3) is 0 Å². The Morgan fingerprint density at radius 3 is 1.95 bits per heavy atom. The van der Waals surface area contributed by atoms with Gasteiger partial charge in [0.05, 0.1) is 0 Å². The zero-order valence-corrected chi connectivity index (χ0v) is 14.3. The van der Waals surface area contributed by atoms with Crippen molar-refractivity contribution in [1.29, 1.82) is 0 Å². The zero-order valence-electron chi connectivity index (χ0n) is 11.9. The first-order chi connectivity index (χ1) is 10.8.